The zero-order chi connectivity index (χ0) is 20.8. The van der Waals surface area contributed by atoms with E-state index in [2.05, 4.69) is 20.0 Å². The Balaban J connectivity index is 1.63. The SMILES string of the molecule is CO[C@H]1CC[C@H](N(C)c2nn3c(-c4cnc(N)c(C(F)(F)F)c4)cnc3s2)CC1. The van der Waals surface area contributed by atoms with E-state index in [0.29, 0.717) is 22.8 Å². The van der Waals surface area contributed by atoms with E-state index in [1.165, 1.54) is 23.7 Å². The smallest absolute Gasteiger partial charge is 0.383 e. The number of nitrogens with zero attached hydrogens (tertiary/aromatic N) is 5. The van der Waals surface area contributed by atoms with Crippen LogP contribution < -0.4 is 10.6 Å². The summed E-state index contributed by atoms with van der Waals surface area (Å²) in [5.41, 5.74) is 5.14. The van der Waals surface area contributed by atoms with Gasteiger partial charge in [0, 0.05) is 32.0 Å². The fourth-order valence-electron chi connectivity index (χ4n) is 3.69. The van der Waals surface area contributed by atoms with Crippen molar-refractivity contribution in [2.75, 3.05) is 24.8 Å². The summed E-state index contributed by atoms with van der Waals surface area (Å²) in [6.45, 7) is 0. The maximum absolute atomic E-state index is 13.2. The standard InChI is InChI=1S/C18H21F3N6OS/c1-26(11-3-5-12(28-2)6-4-11)17-25-27-14(9-24-16(27)29-17)10-7-13(18(19,20)21)15(22)23-8-10/h7-9,11-12H,3-6H2,1-2H3,(H2,22,23)/t11-,12-. The van der Waals surface area contributed by atoms with Crippen LogP contribution in [0.4, 0.5) is 24.1 Å². The fraction of sp³-hybridized carbons (Fsp3) is 0.500. The number of ether oxygens (including phenoxy) is 1. The van der Waals surface area contributed by atoms with Gasteiger partial charge in [0.25, 0.3) is 0 Å². The highest BCUT2D eigenvalue weighted by Gasteiger charge is 2.34. The van der Waals surface area contributed by atoms with Crippen molar-refractivity contribution < 1.29 is 17.9 Å². The second-order valence-electron chi connectivity index (χ2n) is 7.15. The number of fused-ring (bicyclic) bond motifs is 1. The molecule has 0 unspecified atom stereocenters. The molecule has 29 heavy (non-hydrogen) atoms. The number of hydrogen-bond donors (Lipinski definition) is 1. The van der Waals surface area contributed by atoms with Crippen molar-refractivity contribution >= 4 is 27.2 Å². The van der Waals surface area contributed by atoms with Crippen LogP contribution in [-0.4, -0.2) is 45.9 Å². The molecule has 0 atom stereocenters. The Labute approximate surface area is 169 Å². The summed E-state index contributed by atoms with van der Waals surface area (Å²) in [7, 11) is 3.73. The van der Waals surface area contributed by atoms with Crippen LogP contribution in [0.1, 0.15) is 31.2 Å². The van der Waals surface area contributed by atoms with Gasteiger partial charge in [0.15, 0.2) is 0 Å². The molecule has 1 aliphatic carbocycles. The van der Waals surface area contributed by atoms with E-state index >= 15 is 0 Å². The van der Waals surface area contributed by atoms with Gasteiger partial charge in [0.2, 0.25) is 10.1 Å². The zero-order valence-corrected chi connectivity index (χ0v) is 16.8. The molecule has 0 radical (unpaired) electrons. The highest BCUT2D eigenvalue weighted by Crippen LogP contribution is 2.36. The van der Waals surface area contributed by atoms with E-state index in [0.717, 1.165) is 36.9 Å². The van der Waals surface area contributed by atoms with Crippen LogP contribution in [0, 0.1) is 0 Å². The number of hydrogen-bond acceptors (Lipinski definition) is 7. The van der Waals surface area contributed by atoms with Gasteiger partial charge in [-0.05, 0) is 31.7 Å². The van der Waals surface area contributed by atoms with E-state index in [1.807, 2.05) is 7.05 Å². The van der Waals surface area contributed by atoms with E-state index in [9.17, 15) is 13.2 Å². The number of pyridine rings is 1. The van der Waals surface area contributed by atoms with Crippen LogP contribution in [-0.2, 0) is 10.9 Å². The topological polar surface area (TPSA) is 81.6 Å². The third-order valence-corrected chi connectivity index (χ3v) is 6.43. The molecule has 0 spiro atoms. The van der Waals surface area contributed by atoms with Gasteiger partial charge in [-0.25, -0.2) is 14.5 Å². The number of aromatic nitrogens is 4. The third-order valence-electron chi connectivity index (χ3n) is 5.42. The number of nitrogen functional groups attached to an aromatic ring is 1. The molecule has 0 aliphatic heterocycles. The average Bonchev–Trinajstić information content (AvgIpc) is 3.28. The molecule has 11 heteroatoms. The second kappa shape index (κ2) is 7.45. The fourth-order valence-corrected chi connectivity index (χ4v) is 4.60. The average molecular weight is 426 g/mol. The first-order chi connectivity index (χ1) is 13.8. The highest BCUT2D eigenvalue weighted by molar-refractivity contribution is 7.20. The first-order valence-corrected chi connectivity index (χ1v) is 10.0. The number of rotatable bonds is 4. The van der Waals surface area contributed by atoms with Gasteiger partial charge in [-0.1, -0.05) is 11.3 Å². The molecule has 2 N–H and O–H groups in total. The summed E-state index contributed by atoms with van der Waals surface area (Å²) in [6.07, 6.45) is 2.53. The molecular formula is C18H21F3N6OS. The lowest BCUT2D eigenvalue weighted by Crippen LogP contribution is -2.36. The normalized spacial score (nSPS) is 20.3. The van der Waals surface area contributed by atoms with E-state index in [4.69, 9.17) is 10.5 Å². The number of methoxy groups -OCH3 is 1. The third kappa shape index (κ3) is 3.76. The van der Waals surface area contributed by atoms with Gasteiger partial charge in [-0.15, -0.1) is 5.10 Å². The molecular weight excluding hydrogens is 405 g/mol. The molecule has 0 saturated heterocycles. The Morgan fingerprint density at radius 3 is 2.59 bits per heavy atom. The van der Waals surface area contributed by atoms with Crippen molar-refractivity contribution in [3.63, 3.8) is 0 Å². The van der Waals surface area contributed by atoms with E-state index in [-0.39, 0.29) is 5.56 Å². The Morgan fingerprint density at radius 1 is 1.21 bits per heavy atom. The van der Waals surface area contributed by atoms with Crippen molar-refractivity contribution in [2.45, 2.75) is 44.0 Å². The molecule has 7 nitrogen and oxygen atoms in total. The Bertz CT molecular complexity index is 1010. The minimum atomic E-state index is -4.58. The van der Waals surface area contributed by atoms with Crippen LogP contribution >= 0.6 is 11.3 Å². The summed E-state index contributed by atoms with van der Waals surface area (Å²) in [4.78, 5) is 10.8. The van der Waals surface area contributed by atoms with Gasteiger partial charge in [-0.2, -0.15) is 13.2 Å². The van der Waals surface area contributed by atoms with Gasteiger partial charge in [0.05, 0.1) is 23.6 Å². The Hall–Kier alpha value is -2.40. The summed E-state index contributed by atoms with van der Waals surface area (Å²) in [5, 5.41) is 5.38. The number of alkyl halides is 3. The van der Waals surface area contributed by atoms with Crippen LogP contribution in [0.3, 0.4) is 0 Å². The number of halogens is 3. The van der Waals surface area contributed by atoms with Crippen molar-refractivity contribution in [3.05, 3.63) is 24.0 Å². The zero-order valence-electron chi connectivity index (χ0n) is 16.0. The summed E-state index contributed by atoms with van der Waals surface area (Å²) in [6, 6.07) is 1.33. The lowest BCUT2D eigenvalue weighted by Gasteiger charge is -2.33. The molecule has 0 aromatic carbocycles. The molecule has 1 saturated carbocycles. The lowest BCUT2D eigenvalue weighted by molar-refractivity contribution is -0.137. The molecule has 1 aliphatic rings. The quantitative estimate of drug-likeness (QED) is 0.683. The van der Waals surface area contributed by atoms with Crippen molar-refractivity contribution in [1.82, 2.24) is 19.6 Å². The van der Waals surface area contributed by atoms with Crippen LogP contribution in [0.2, 0.25) is 0 Å². The summed E-state index contributed by atoms with van der Waals surface area (Å²) >= 11 is 1.40. The first-order valence-electron chi connectivity index (χ1n) is 9.21. The van der Waals surface area contributed by atoms with Gasteiger partial charge >= 0.3 is 6.18 Å². The highest BCUT2D eigenvalue weighted by atomic mass is 32.1. The van der Waals surface area contributed by atoms with Crippen molar-refractivity contribution in [1.29, 1.82) is 0 Å². The van der Waals surface area contributed by atoms with Gasteiger partial charge in [0.1, 0.15) is 5.82 Å². The minimum absolute atomic E-state index is 0.263. The van der Waals surface area contributed by atoms with Crippen molar-refractivity contribution in [3.8, 4) is 11.3 Å². The van der Waals surface area contributed by atoms with Crippen LogP contribution in [0.25, 0.3) is 16.2 Å². The Morgan fingerprint density at radius 2 is 1.93 bits per heavy atom. The van der Waals surface area contributed by atoms with Crippen molar-refractivity contribution in [2.24, 2.45) is 0 Å². The molecule has 0 amide bonds. The Kier molecular flexibility index (Phi) is 5.11. The van der Waals surface area contributed by atoms with E-state index < -0.39 is 17.6 Å². The van der Waals surface area contributed by atoms with Crippen LogP contribution in [0.5, 0.6) is 0 Å². The van der Waals surface area contributed by atoms with Crippen LogP contribution in [0.15, 0.2) is 18.5 Å². The maximum Gasteiger partial charge on any atom is 0.419 e. The molecule has 3 heterocycles. The van der Waals surface area contributed by atoms with E-state index in [1.54, 1.807) is 11.6 Å². The predicted molar refractivity (Wildman–Crippen MR) is 105 cm³/mol. The molecule has 1 fully saturated rings. The summed E-state index contributed by atoms with van der Waals surface area (Å²) < 4.78 is 46.5. The largest absolute Gasteiger partial charge is 0.419 e. The molecule has 4 rings (SSSR count). The monoisotopic (exact) mass is 426 g/mol. The number of nitrogens with two attached hydrogens (primary N) is 1. The predicted octanol–water partition coefficient (Wildman–Crippen LogP) is 3.85. The molecule has 156 valence electrons. The van der Waals surface area contributed by atoms with Gasteiger partial charge in [-0.3, -0.25) is 0 Å². The summed E-state index contributed by atoms with van der Waals surface area (Å²) in [5.74, 6) is -0.549. The number of imidazole rings is 1. The first kappa shape index (κ1) is 19.9. The molecule has 3 aromatic rings. The lowest BCUT2D eigenvalue weighted by atomic mass is 9.92. The second-order valence-corrected chi connectivity index (χ2v) is 8.09. The van der Waals surface area contributed by atoms with Gasteiger partial charge < -0.3 is 15.4 Å². The maximum atomic E-state index is 13.2. The molecule has 3 aromatic heterocycles. The molecule has 0 bridgehead atoms. The minimum Gasteiger partial charge on any atom is -0.383 e. The number of anilines is 2.